The number of nitrogens with one attached hydrogen (secondary N) is 1. The van der Waals surface area contributed by atoms with Crippen molar-refractivity contribution in [1.82, 2.24) is 15.1 Å². The molecule has 4 fully saturated rings. The molecule has 2 aliphatic carbocycles. The maximum absolute atomic E-state index is 5.51. The van der Waals surface area contributed by atoms with E-state index in [4.69, 9.17) is 4.99 Å². The summed E-state index contributed by atoms with van der Waals surface area (Å²) in [6.07, 6.45) is 15.4. The second-order valence-corrected chi connectivity index (χ2v) is 9.77. The largest absolute Gasteiger partial charge is 0.357 e. The standard InChI is InChI=1S/C22H40N4/c1-16-8-6-9-17(14-16)26-13-7-12-21(26)24-20-15-22(25(2)3)23-19-11-5-4-10-18(19)20/h16-20,22-23H,4-15H2,1-3H3. The summed E-state index contributed by atoms with van der Waals surface area (Å²) < 4.78 is 0. The summed E-state index contributed by atoms with van der Waals surface area (Å²) in [5.41, 5.74) is 0. The molecule has 26 heavy (non-hydrogen) atoms. The van der Waals surface area contributed by atoms with Gasteiger partial charge < -0.3 is 4.90 Å². The van der Waals surface area contributed by atoms with Gasteiger partial charge in [0.2, 0.25) is 0 Å². The summed E-state index contributed by atoms with van der Waals surface area (Å²) in [5.74, 6) is 3.13. The van der Waals surface area contributed by atoms with Gasteiger partial charge in [0.05, 0.1) is 18.0 Å². The predicted octanol–water partition coefficient (Wildman–Crippen LogP) is 3.87. The van der Waals surface area contributed by atoms with E-state index in [-0.39, 0.29) is 0 Å². The van der Waals surface area contributed by atoms with E-state index in [0.717, 1.165) is 17.9 Å². The number of nitrogens with zero attached hydrogens (tertiary/aromatic N) is 3. The number of aliphatic imine (C=N–C) groups is 1. The molecule has 2 heterocycles. The second-order valence-electron chi connectivity index (χ2n) is 9.77. The normalized spacial score (nSPS) is 43.1. The molecule has 6 atom stereocenters. The molecule has 0 amide bonds. The quantitative estimate of drug-likeness (QED) is 0.829. The Hall–Kier alpha value is -0.610. The highest BCUT2D eigenvalue weighted by Crippen LogP contribution is 2.36. The van der Waals surface area contributed by atoms with E-state index < -0.39 is 0 Å². The van der Waals surface area contributed by atoms with Crippen molar-refractivity contribution in [2.24, 2.45) is 16.8 Å². The molecule has 4 nitrogen and oxygen atoms in total. The number of likely N-dealkylation sites (tertiary alicyclic amines) is 1. The molecular formula is C22H40N4. The molecule has 2 saturated heterocycles. The molecule has 2 aliphatic heterocycles. The lowest BCUT2D eigenvalue weighted by molar-refractivity contribution is 0.0881. The lowest BCUT2D eigenvalue weighted by Gasteiger charge is -2.46. The van der Waals surface area contributed by atoms with Crippen LogP contribution in [-0.4, -0.2) is 60.6 Å². The first-order valence-corrected chi connectivity index (χ1v) is 11.4. The Labute approximate surface area is 160 Å². The fraction of sp³-hybridized carbons (Fsp3) is 0.955. The fourth-order valence-electron chi connectivity index (χ4n) is 6.14. The molecule has 0 bridgehead atoms. The molecule has 1 N–H and O–H groups in total. The van der Waals surface area contributed by atoms with E-state index >= 15 is 0 Å². The summed E-state index contributed by atoms with van der Waals surface area (Å²) in [6, 6.07) is 1.99. The Morgan fingerprint density at radius 1 is 1.00 bits per heavy atom. The molecule has 2 saturated carbocycles. The second kappa shape index (κ2) is 8.18. The SMILES string of the molecule is CC1CCCC(N2CCCC2=NC2CC(N(C)C)NC3CCCCC23)C1. The first kappa shape index (κ1) is 18.7. The van der Waals surface area contributed by atoms with Crippen LogP contribution < -0.4 is 5.32 Å². The molecule has 4 aliphatic rings. The van der Waals surface area contributed by atoms with Gasteiger partial charge in [0.1, 0.15) is 0 Å². The van der Waals surface area contributed by atoms with Crippen LogP contribution in [0.1, 0.15) is 77.6 Å². The number of piperidine rings is 1. The minimum atomic E-state index is 0.494. The zero-order valence-corrected chi connectivity index (χ0v) is 17.3. The highest BCUT2D eigenvalue weighted by Gasteiger charge is 2.40. The van der Waals surface area contributed by atoms with Crippen LogP contribution in [-0.2, 0) is 0 Å². The number of hydrogen-bond acceptors (Lipinski definition) is 3. The molecule has 0 aromatic rings. The molecule has 4 rings (SSSR count). The molecule has 4 heteroatoms. The Balaban J connectivity index is 1.51. The van der Waals surface area contributed by atoms with Gasteiger partial charge >= 0.3 is 0 Å². The Kier molecular flexibility index (Phi) is 5.90. The van der Waals surface area contributed by atoms with Crippen molar-refractivity contribution >= 4 is 5.84 Å². The van der Waals surface area contributed by atoms with E-state index in [1.54, 1.807) is 0 Å². The molecule has 0 aromatic heterocycles. The van der Waals surface area contributed by atoms with E-state index in [1.165, 1.54) is 83.0 Å². The summed E-state index contributed by atoms with van der Waals surface area (Å²) in [7, 11) is 4.44. The zero-order valence-electron chi connectivity index (χ0n) is 17.3. The minimum absolute atomic E-state index is 0.494. The number of hydrogen-bond donors (Lipinski definition) is 1. The van der Waals surface area contributed by atoms with Crippen molar-refractivity contribution in [1.29, 1.82) is 0 Å². The third-order valence-corrected chi connectivity index (χ3v) is 7.60. The van der Waals surface area contributed by atoms with E-state index in [2.05, 4.69) is 36.1 Å². The number of amidine groups is 1. The lowest BCUT2D eigenvalue weighted by Crippen LogP contribution is -2.59. The predicted molar refractivity (Wildman–Crippen MR) is 110 cm³/mol. The summed E-state index contributed by atoms with van der Waals surface area (Å²) in [4.78, 5) is 10.6. The summed E-state index contributed by atoms with van der Waals surface area (Å²) in [6.45, 7) is 3.70. The molecule has 148 valence electrons. The topological polar surface area (TPSA) is 30.9 Å². The van der Waals surface area contributed by atoms with Crippen LogP contribution in [0.4, 0.5) is 0 Å². The molecule has 0 aromatic carbocycles. The van der Waals surface area contributed by atoms with Crippen LogP contribution in [0.2, 0.25) is 0 Å². The maximum atomic E-state index is 5.51. The van der Waals surface area contributed by atoms with Gasteiger partial charge in [0.25, 0.3) is 0 Å². The average Bonchev–Trinajstić information content (AvgIpc) is 3.09. The van der Waals surface area contributed by atoms with E-state index in [9.17, 15) is 0 Å². The van der Waals surface area contributed by atoms with Gasteiger partial charge in [-0.2, -0.15) is 0 Å². The van der Waals surface area contributed by atoms with Crippen molar-refractivity contribution in [2.75, 3.05) is 20.6 Å². The Bertz CT molecular complexity index is 502. The van der Waals surface area contributed by atoms with Gasteiger partial charge in [-0.05, 0) is 64.5 Å². The first-order chi connectivity index (χ1) is 12.6. The van der Waals surface area contributed by atoms with Crippen molar-refractivity contribution in [2.45, 2.75) is 102 Å². The Morgan fingerprint density at radius 3 is 2.65 bits per heavy atom. The van der Waals surface area contributed by atoms with Crippen molar-refractivity contribution in [3.05, 3.63) is 0 Å². The van der Waals surface area contributed by atoms with Crippen molar-refractivity contribution in [3.63, 3.8) is 0 Å². The number of fused-ring (bicyclic) bond motifs is 1. The lowest BCUT2D eigenvalue weighted by atomic mass is 9.75. The smallest absolute Gasteiger partial charge is 0.0995 e. The molecule has 6 unspecified atom stereocenters. The third-order valence-electron chi connectivity index (χ3n) is 7.60. The Morgan fingerprint density at radius 2 is 1.85 bits per heavy atom. The van der Waals surface area contributed by atoms with E-state index in [0.29, 0.717) is 18.2 Å². The van der Waals surface area contributed by atoms with Gasteiger partial charge in [-0.3, -0.25) is 15.2 Å². The minimum Gasteiger partial charge on any atom is -0.357 e. The highest BCUT2D eigenvalue weighted by atomic mass is 15.3. The molecule has 0 radical (unpaired) electrons. The van der Waals surface area contributed by atoms with Crippen molar-refractivity contribution < 1.29 is 0 Å². The van der Waals surface area contributed by atoms with Crippen LogP contribution in [0.3, 0.4) is 0 Å². The van der Waals surface area contributed by atoms with Crippen LogP contribution in [0.15, 0.2) is 4.99 Å². The monoisotopic (exact) mass is 360 g/mol. The molecular weight excluding hydrogens is 320 g/mol. The maximum Gasteiger partial charge on any atom is 0.0995 e. The first-order valence-electron chi connectivity index (χ1n) is 11.4. The number of rotatable bonds is 3. The summed E-state index contributed by atoms with van der Waals surface area (Å²) >= 11 is 0. The van der Waals surface area contributed by atoms with Gasteiger partial charge in [-0.15, -0.1) is 0 Å². The van der Waals surface area contributed by atoms with Crippen molar-refractivity contribution in [3.8, 4) is 0 Å². The molecule has 0 spiro atoms. The van der Waals surface area contributed by atoms with Gasteiger partial charge in [0.15, 0.2) is 0 Å². The van der Waals surface area contributed by atoms with Crippen LogP contribution >= 0.6 is 0 Å². The summed E-state index contributed by atoms with van der Waals surface area (Å²) in [5, 5.41) is 3.93. The zero-order chi connectivity index (χ0) is 18.1. The highest BCUT2D eigenvalue weighted by molar-refractivity contribution is 5.84. The average molecular weight is 361 g/mol. The van der Waals surface area contributed by atoms with Crippen LogP contribution in [0.5, 0.6) is 0 Å². The van der Waals surface area contributed by atoms with Crippen LogP contribution in [0, 0.1) is 11.8 Å². The van der Waals surface area contributed by atoms with Crippen LogP contribution in [0.25, 0.3) is 0 Å². The van der Waals surface area contributed by atoms with E-state index in [1.807, 2.05) is 0 Å². The van der Waals surface area contributed by atoms with Gasteiger partial charge in [-0.1, -0.05) is 32.6 Å². The van der Waals surface area contributed by atoms with Gasteiger partial charge in [-0.25, -0.2) is 0 Å². The fourth-order valence-corrected chi connectivity index (χ4v) is 6.14. The van der Waals surface area contributed by atoms with Gasteiger partial charge in [0, 0.05) is 25.0 Å². The third kappa shape index (κ3) is 3.96.